The third kappa shape index (κ3) is 4.89. The third-order valence-electron chi connectivity index (χ3n) is 5.54. The van der Waals surface area contributed by atoms with E-state index in [1.54, 1.807) is 12.4 Å². The SMILES string of the molecule is N#Cc1cc(-c2ccnc(Cc3ccc(-c4cn[nH]c4)nc3)n2)ccc1OC1CCOCC1. The Morgan fingerprint density at radius 2 is 1.94 bits per heavy atom. The Morgan fingerprint density at radius 3 is 2.70 bits per heavy atom. The van der Waals surface area contributed by atoms with Crippen molar-refractivity contribution in [1.29, 1.82) is 5.26 Å². The molecule has 8 heteroatoms. The van der Waals surface area contributed by atoms with E-state index in [0.29, 0.717) is 36.8 Å². The number of hydrogen-bond acceptors (Lipinski definition) is 7. The molecular weight excluding hydrogens is 416 g/mol. The van der Waals surface area contributed by atoms with Crippen LogP contribution in [0.3, 0.4) is 0 Å². The minimum Gasteiger partial charge on any atom is -0.489 e. The molecule has 8 nitrogen and oxygen atoms in total. The number of aromatic amines is 1. The molecule has 0 bridgehead atoms. The van der Waals surface area contributed by atoms with Crippen LogP contribution in [0.15, 0.2) is 61.2 Å². The number of ether oxygens (including phenoxy) is 2. The summed E-state index contributed by atoms with van der Waals surface area (Å²) in [6, 6.07) is 13.7. The van der Waals surface area contributed by atoms with E-state index < -0.39 is 0 Å². The number of nitriles is 1. The molecule has 0 unspecified atom stereocenters. The van der Waals surface area contributed by atoms with E-state index in [4.69, 9.17) is 14.5 Å². The maximum Gasteiger partial charge on any atom is 0.137 e. The Labute approximate surface area is 191 Å². The summed E-state index contributed by atoms with van der Waals surface area (Å²) in [7, 11) is 0. The molecule has 1 fully saturated rings. The molecule has 164 valence electrons. The van der Waals surface area contributed by atoms with Gasteiger partial charge in [0.2, 0.25) is 0 Å². The largest absolute Gasteiger partial charge is 0.489 e. The van der Waals surface area contributed by atoms with Gasteiger partial charge in [-0.3, -0.25) is 10.1 Å². The molecule has 1 N–H and O–H groups in total. The van der Waals surface area contributed by atoms with E-state index >= 15 is 0 Å². The van der Waals surface area contributed by atoms with Gasteiger partial charge in [-0.15, -0.1) is 0 Å². The summed E-state index contributed by atoms with van der Waals surface area (Å²) in [6.07, 6.45) is 9.42. The number of aromatic nitrogens is 5. The average Bonchev–Trinajstić information content (AvgIpc) is 3.41. The first-order valence-corrected chi connectivity index (χ1v) is 10.8. The highest BCUT2D eigenvalue weighted by Gasteiger charge is 2.17. The van der Waals surface area contributed by atoms with E-state index in [1.165, 1.54) is 0 Å². The van der Waals surface area contributed by atoms with Gasteiger partial charge in [0, 0.05) is 49.0 Å². The standard InChI is InChI=1S/C25H22N6O2/c26-13-19-12-18(2-4-24(19)33-21-6-9-32-10-7-21)23-5-8-27-25(31-23)11-17-1-3-22(28-14-17)20-15-29-30-16-20/h1-5,8,12,14-16,21H,6-7,9-11H2,(H,29,30). The number of nitrogens with zero attached hydrogens (tertiary/aromatic N) is 5. The molecule has 0 saturated carbocycles. The smallest absolute Gasteiger partial charge is 0.137 e. The molecular formula is C25H22N6O2. The number of rotatable bonds is 6. The van der Waals surface area contributed by atoms with Gasteiger partial charge in [0.1, 0.15) is 23.7 Å². The van der Waals surface area contributed by atoms with E-state index in [-0.39, 0.29) is 6.10 Å². The second-order valence-corrected chi connectivity index (χ2v) is 7.83. The lowest BCUT2D eigenvalue weighted by Gasteiger charge is -2.23. The Bertz CT molecular complexity index is 1260. The maximum absolute atomic E-state index is 9.66. The Hall–Kier alpha value is -4.09. The van der Waals surface area contributed by atoms with Gasteiger partial charge in [0.05, 0.1) is 36.4 Å². The zero-order valence-electron chi connectivity index (χ0n) is 17.9. The van der Waals surface area contributed by atoms with Crippen LogP contribution in [-0.2, 0) is 11.2 Å². The number of benzene rings is 1. The Morgan fingerprint density at radius 1 is 1.03 bits per heavy atom. The zero-order chi connectivity index (χ0) is 22.5. The molecule has 1 aliphatic heterocycles. The summed E-state index contributed by atoms with van der Waals surface area (Å²) in [5.74, 6) is 1.29. The van der Waals surface area contributed by atoms with Gasteiger partial charge in [-0.05, 0) is 35.9 Å². The van der Waals surface area contributed by atoms with Gasteiger partial charge in [0.25, 0.3) is 0 Å². The van der Waals surface area contributed by atoms with Crippen molar-refractivity contribution in [2.45, 2.75) is 25.4 Å². The van der Waals surface area contributed by atoms with Crippen molar-refractivity contribution in [3.63, 3.8) is 0 Å². The first-order valence-electron chi connectivity index (χ1n) is 10.8. The lowest BCUT2D eigenvalue weighted by atomic mass is 10.1. The number of hydrogen-bond donors (Lipinski definition) is 1. The molecule has 3 aromatic heterocycles. The number of nitrogens with one attached hydrogen (secondary N) is 1. The van der Waals surface area contributed by atoms with Crippen molar-refractivity contribution in [2.24, 2.45) is 0 Å². The van der Waals surface area contributed by atoms with Crippen molar-refractivity contribution in [3.8, 4) is 34.3 Å². The van der Waals surface area contributed by atoms with Crippen LogP contribution in [0.1, 0.15) is 29.8 Å². The molecule has 1 aromatic carbocycles. The van der Waals surface area contributed by atoms with Crippen LogP contribution in [0.5, 0.6) is 5.75 Å². The minimum atomic E-state index is 0.0795. The Balaban J connectivity index is 1.32. The Kier molecular flexibility index (Phi) is 6.04. The number of H-pyrrole nitrogens is 1. The van der Waals surface area contributed by atoms with Gasteiger partial charge in [-0.1, -0.05) is 6.07 Å². The van der Waals surface area contributed by atoms with E-state index in [1.807, 2.05) is 48.8 Å². The fraction of sp³-hybridized carbons (Fsp3) is 0.240. The quantitative estimate of drug-likeness (QED) is 0.485. The summed E-state index contributed by atoms with van der Waals surface area (Å²) in [5, 5.41) is 16.4. The minimum absolute atomic E-state index is 0.0795. The van der Waals surface area contributed by atoms with Crippen LogP contribution in [-0.4, -0.2) is 44.5 Å². The molecule has 0 amide bonds. The van der Waals surface area contributed by atoms with Gasteiger partial charge < -0.3 is 9.47 Å². The fourth-order valence-corrected chi connectivity index (χ4v) is 3.77. The second-order valence-electron chi connectivity index (χ2n) is 7.83. The van der Waals surface area contributed by atoms with Gasteiger partial charge in [0.15, 0.2) is 0 Å². The summed E-state index contributed by atoms with van der Waals surface area (Å²) in [5.41, 5.74) is 4.92. The van der Waals surface area contributed by atoms with Gasteiger partial charge in [-0.25, -0.2) is 9.97 Å². The van der Waals surface area contributed by atoms with E-state index in [9.17, 15) is 5.26 Å². The summed E-state index contributed by atoms with van der Waals surface area (Å²) in [6.45, 7) is 1.38. The fourth-order valence-electron chi connectivity index (χ4n) is 3.77. The monoisotopic (exact) mass is 438 g/mol. The number of pyridine rings is 1. The maximum atomic E-state index is 9.66. The van der Waals surface area contributed by atoms with Crippen molar-refractivity contribution >= 4 is 0 Å². The van der Waals surface area contributed by atoms with Crippen LogP contribution in [0, 0.1) is 11.3 Å². The molecule has 0 spiro atoms. The highest BCUT2D eigenvalue weighted by Crippen LogP contribution is 2.27. The summed E-state index contributed by atoms with van der Waals surface area (Å²) >= 11 is 0. The van der Waals surface area contributed by atoms with Gasteiger partial charge >= 0.3 is 0 Å². The molecule has 0 atom stereocenters. The van der Waals surface area contributed by atoms with E-state index in [0.717, 1.165) is 40.9 Å². The van der Waals surface area contributed by atoms with Crippen molar-refractivity contribution in [2.75, 3.05) is 13.2 Å². The average molecular weight is 438 g/mol. The van der Waals surface area contributed by atoms with Gasteiger partial charge in [-0.2, -0.15) is 10.4 Å². The van der Waals surface area contributed by atoms with Crippen molar-refractivity contribution in [3.05, 3.63) is 78.1 Å². The van der Waals surface area contributed by atoms with Crippen LogP contribution in [0.25, 0.3) is 22.5 Å². The first kappa shape index (κ1) is 20.8. The highest BCUT2D eigenvalue weighted by molar-refractivity contribution is 5.64. The third-order valence-corrected chi connectivity index (χ3v) is 5.54. The van der Waals surface area contributed by atoms with E-state index in [2.05, 4.69) is 26.2 Å². The predicted octanol–water partition coefficient (Wildman–Crippen LogP) is 3.95. The topological polar surface area (TPSA) is 110 Å². The predicted molar refractivity (Wildman–Crippen MR) is 121 cm³/mol. The molecule has 1 aliphatic rings. The molecule has 4 aromatic rings. The zero-order valence-corrected chi connectivity index (χ0v) is 17.9. The van der Waals surface area contributed by atoms with Crippen molar-refractivity contribution in [1.82, 2.24) is 25.1 Å². The van der Waals surface area contributed by atoms with Crippen LogP contribution in [0.2, 0.25) is 0 Å². The molecule has 0 aliphatic carbocycles. The molecule has 5 rings (SSSR count). The lowest BCUT2D eigenvalue weighted by molar-refractivity contribution is 0.0254. The summed E-state index contributed by atoms with van der Waals surface area (Å²) < 4.78 is 11.4. The first-order chi connectivity index (χ1) is 16.3. The molecule has 4 heterocycles. The van der Waals surface area contributed by atoms with Crippen LogP contribution >= 0.6 is 0 Å². The van der Waals surface area contributed by atoms with Crippen molar-refractivity contribution < 1.29 is 9.47 Å². The summed E-state index contributed by atoms with van der Waals surface area (Å²) in [4.78, 5) is 13.6. The highest BCUT2D eigenvalue weighted by atomic mass is 16.5. The normalized spacial score (nSPS) is 14.0. The second kappa shape index (κ2) is 9.59. The molecule has 1 saturated heterocycles. The lowest BCUT2D eigenvalue weighted by Crippen LogP contribution is -2.26. The van der Waals surface area contributed by atoms with Crippen LogP contribution < -0.4 is 4.74 Å². The molecule has 0 radical (unpaired) electrons. The van der Waals surface area contributed by atoms with Crippen LogP contribution in [0.4, 0.5) is 0 Å². The molecule has 33 heavy (non-hydrogen) atoms.